The van der Waals surface area contributed by atoms with Crippen LogP contribution >= 0.6 is 0 Å². The second-order valence-corrected chi connectivity index (χ2v) is 15.7. The van der Waals surface area contributed by atoms with E-state index in [1.807, 2.05) is 146 Å². The number of hydrogen-bond acceptors (Lipinski definition) is 7. The summed E-state index contributed by atoms with van der Waals surface area (Å²) in [6, 6.07) is 58.9. The molecule has 0 N–H and O–H groups in total. The zero-order valence-corrected chi connectivity index (χ0v) is 30.5. The van der Waals surface area contributed by atoms with Gasteiger partial charge in [-0.25, -0.2) is 8.42 Å². The predicted octanol–water partition coefficient (Wildman–Crippen LogP) is 13.1. The summed E-state index contributed by atoms with van der Waals surface area (Å²) < 4.78 is 46.6. The molecule has 268 valence electrons. The van der Waals surface area contributed by atoms with Gasteiger partial charge in [0.25, 0.3) is 0 Å². The molecule has 0 spiro atoms. The van der Waals surface area contributed by atoms with Crippen molar-refractivity contribution in [2.75, 3.05) is 9.80 Å². The molecule has 0 atom stereocenters. The second-order valence-electron chi connectivity index (χ2n) is 13.8. The fourth-order valence-corrected chi connectivity index (χ4v) is 9.25. The zero-order valence-electron chi connectivity index (χ0n) is 29.7. The highest BCUT2D eigenvalue weighted by Gasteiger charge is 2.32. The number of anilines is 6. The van der Waals surface area contributed by atoms with Crippen LogP contribution in [0.4, 0.5) is 34.1 Å². The molecule has 56 heavy (non-hydrogen) atoms. The number of nitrogens with zero attached hydrogens (tertiary/aromatic N) is 2. The van der Waals surface area contributed by atoms with E-state index in [4.69, 9.17) is 14.2 Å². The van der Waals surface area contributed by atoms with Gasteiger partial charge < -0.3 is 24.0 Å². The first-order chi connectivity index (χ1) is 27.5. The molecule has 0 aromatic heterocycles. The second kappa shape index (κ2) is 12.4. The van der Waals surface area contributed by atoms with Crippen LogP contribution in [-0.2, 0) is 9.84 Å². The van der Waals surface area contributed by atoms with Gasteiger partial charge in [0.05, 0.1) is 22.7 Å². The summed E-state index contributed by atoms with van der Waals surface area (Å²) in [7, 11) is -3.82. The first-order valence-electron chi connectivity index (χ1n) is 18.2. The summed E-state index contributed by atoms with van der Waals surface area (Å²) in [5.41, 5.74) is 9.30. The van der Waals surface area contributed by atoms with Crippen LogP contribution in [0.1, 0.15) is 0 Å². The van der Waals surface area contributed by atoms with Gasteiger partial charge in [-0.2, -0.15) is 0 Å². The van der Waals surface area contributed by atoms with Gasteiger partial charge in [0, 0.05) is 11.4 Å². The minimum absolute atomic E-state index is 0.148. The SMILES string of the molecule is O=S1(=O)c2ccc(-c3ccc(N4c5ccccc5Oc5ccccc54)cc3)cc2Oc2cc(-c3ccc(N4c5ccccc5Oc5ccccc54)cc3)ccc21. The Morgan fingerprint density at radius 3 is 0.982 bits per heavy atom. The molecular weight excluding hydrogens is 717 g/mol. The van der Waals surface area contributed by atoms with Crippen LogP contribution in [0.3, 0.4) is 0 Å². The third-order valence-electron chi connectivity index (χ3n) is 10.5. The van der Waals surface area contributed by atoms with Crippen molar-refractivity contribution < 1.29 is 22.6 Å². The van der Waals surface area contributed by atoms with Crippen molar-refractivity contribution in [2.24, 2.45) is 0 Å². The van der Waals surface area contributed by atoms with Crippen molar-refractivity contribution in [3.05, 3.63) is 182 Å². The Morgan fingerprint density at radius 1 is 0.321 bits per heavy atom. The Hall–Kier alpha value is -7.29. The molecule has 0 unspecified atom stereocenters. The van der Waals surface area contributed by atoms with Gasteiger partial charge in [-0.05, 0) is 119 Å². The van der Waals surface area contributed by atoms with Crippen molar-refractivity contribution in [2.45, 2.75) is 9.79 Å². The summed E-state index contributed by atoms with van der Waals surface area (Å²) in [4.78, 5) is 4.66. The number of rotatable bonds is 4. The molecule has 0 aliphatic carbocycles. The number of benzene rings is 8. The van der Waals surface area contributed by atoms with Crippen molar-refractivity contribution in [3.8, 4) is 56.8 Å². The van der Waals surface area contributed by atoms with Crippen LogP contribution in [0.5, 0.6) is 34.5 Å². The maximum absolute atomic E-state index is 13.9. The van der Waals surface area contributed by atoms with Gasteiger partial charge in [-0.3, -0.25) is 0 Å². The maximum Gasteiger partial charge on any atom is 0.213 e. The van der Waals surface area contributed by atoms with E-state index < -0.39 is 9.84 Å². The van der Waals surface area contributed by atoms with E-state index >= 15 is 0 Å². The van der Waals surface area contributed by atoms with Crippen LogP contribution in [0.2, 0.25) is 0 Å². The molecule has 3 heterocycles. The van der Waals surface area contributed by atoms with Crippen LogP contribution < -0.4 is 24.0 Å². The molecule has 0 saturated heterocycles. The Balaban J connectivity index is 0.895. The molecule has 11 rings (SSSR count). The smallest absolute Gasteiger partial charge is 0.213 e. The molecule has 0 bridgehead atoms. The van der Waals surface area contributed by atoms with Crippen LogP contribution in [0.15, 0.2) is 192 Å². The van der Waals surface area contributed by atoms with Crippen molar-refractivity contribution >= 4 is 44.0 Å². The average Bonchev–Trinajstić information content (AvgIpc) is 3.24. The zero-order chi connectivity index (χ0) is 37.4. The number of hydrogen-bond donors (Lipinski definition) is 0. The third-order valence-corrected chi connectivity index (χ3v) is 12.3. The molecule has 0 saturated carbocycles. The third kappa shape index (κ3) is 5.07. The predicted molar refractivity (Wildman–Crippen MR) is 219 cm³/mol. The minimum Gasteiger partial charge on any atom is -0.455 e. The van der Waals surface area contributed by atoms with E-state index in [0.717, 1.165) is 79.4 Å². The first-order valence-corrected chi connectivity index (χ1v) is 19.7. The maximum atomic E-state index is 13.9. The Bertz CT molecular complexity index is 2690. The highest BCUT2D eigenvalue weighted by atomic mass is 32.2. The molecule has 3 aliphatic heterocycles. The van der Waals surface area contributed by atoms with E-state index in [-0.39, 0.29) is 9.79 Å². The van der Waals surface area contributed by atoms with Crippen LogP contribution in [-0.4, -0.2) is 8.42 Å². The van der Waals surface area contributed by atoms with E-state index in [1.165, 1.54) is 0 Å². The average molecular weight is 747 g/mol. The first kappa shape index (κ1) is 32.2. The fraction of sp³-hybridized carbons (Fsp3) is 0. The molecule has 0 fully saturated rings. The van der Waals surface area contributed by atoms with E-state index in [9.17, 15) is 8.42 Å². The lowest BCUT2D eigenvalue weighted by Gasteiger charge is -2.32. The summed E-state index contributed by atoms with van der Waals surface area (Å²) in [5.74, 6) is 3.74. The Morgan fingerprint density at radius 2 is 0.625 bits per heavy atom. The van der Waals surface area contributed by atoms with Gasteiger partial charge >= 0.3 is 0 Å². The van der Waals surface area contributed by atoms with Crippen LogP contribution in [0, 0.1) is 0 Å². The summed E-state index contributed by atoms with van der Waals surface area (Å²) >= 11 is 0. The van der Waals surface area contributed by atoms with Crippen molar-refractivity contribution in [1.82, 2.24) is 0 Å². The number of fused-ring (bicyclic) bond motifs is 6. The summed E-state index contributed by atoms with van der Waals surface area (Å²) in [6.07, 6.45) is 0. The van der Waals surface area contributed by atoms with Gasteiger partial charge in [-0.15, -0.1) is 0 Å². The lowest BCUT2D eigenvalue weighted by molar-refractivity contribution is 0.443. The summed E-state index contributed by atoms with van der Waals surface area (Å²) in [5, 5.41) is 0. The van der Waals surface area contributed by atoms with Crippen LogP contribution in [0.25, 0.3) is 22.3 Å². The molecule has 0 amide bonds. The van der Waals surface area contributed by atoms with Gasteiger partial charge in [0.1, 0.15) is 21.3 Å². The standard InChI is InChI=1S/C48H30N2O5S/c51-56(52)47-27-21-33(31-17-23-35(24-18-31)49-37-9-1-5-13-41(37)53-42-14-6-2-10-38(42)49)29-45(47)55-46-30-34(22-28-48(46)56)32-19-25-36(26-20-32)50-39-11-3-7-15-43(39)54-44-16-8-4-12-40(44)50/h1-30H. The Labute approximate surface area is 323 Å². The van der Waals surface area contributed by atoms with Crippen molar-refractivity contribution in [3.63, 3.8) is 0 Å². The normalized spacial score (nSPS) is 14.0. The molecule has 0 radical (unpaired) electrons. The number of para-hydroxylation sites is 8. The van der Waals surface area contributed by atoms with Gasteiger partial charge in [0.2, 0.25) is 9.84 Å². The molecule has 3 aliphatic rings. The lowest BCUT2D eigenvalue weighted by atomic mass is 10.0. The van der Waals surface area contributed by atoms with E-state index in [0.29, 0.717) is 11.5 Å². The van der Waals surface area contributed by atoms with E-state index in [1.54, 1.807) is 12.1 Å². The lowest BCUT2D eigenvalue weighted by Crippen LogP contribution is -2.15. The summed E-state index contributed by atoms with van der Waals surface area (Å²) in [6.45, 7) is 0. The van der Waals surface area contributed by atoms with Crippen molar-refractivity contribution in [1.29, 1.82) is 0 Å². The quantitative estimate of drug-likeness (QED) is 0.178. The minimum atomic E-state index is -3.82. The number of sulfone groups is 1. The Kier molecular flexibility index (Phi) is 7.11. The van der Waals surface area contributed by atoms with Gasteiger partial charge in [0.15, 0.2) is 23.0 Å². The highest BCUT2D eigenvalue weighted by molar-refractivity contribution is 7.91. The number of ether oxygens (including phenoxy) is 3. The fourth-order valence-electron chi connectivity index (χ4n) is 7.79. The molecule has 7 nitrogen and oxygen atoms in total. The molecule has 8 aromatic rings. The highest BCUT2D eigenvalue weighted by Crippen LogP contribution is 2.52. The monoisotopic (exact) mass is 746 g/mol. The topological polar surface area (TPSA) is 68.3 Å². The molecule has 8 aromatic carbocycles. The molecular formula is C48H30N2O5S. The molecule has 8 heteroatoms. The largest absolute Gasteiger partial charge is 0.455 e. The van der Waals surface area contributed by atoms with Gasteiger partial charge in [-0.1, -0.05) is 84.9 Å². The van der Waals surface area contributed by atoms with E-state index in [2.05, 4.69) is 34.1 Å².